The molecule has 1 N–H and O–H groups in total. The van der Waals surface area contributed by atoms with E-state index in [9.17, 15) is 5.11 Å². The molecular weight excluding hydrogens is 278 g/mol. The predicted octanol–water partition coefficient (Wildman–Crippen LogP) is 1.30. The fourth-order valence-electron chi connectivity index (χ4n) is 3.24. The molecular formula is C16H25N5O. The molecule has 2 aromatic heterocycles. The van der Waals surface area contributed by atoms with Gasteiger partial charge in [0.2, 0.25) is 0 Å². The first-order valence-electron chi connectivity index (χ1n) is 8.09. The van der Waals surface area contributed by atoms with Crippen LogP contribution < -0.4 is 0 Å². The van der Waals surface area contributed by atoms with Gasteiger partial charge in [-0.3, -0.25) is 14.3 Å². The summed E-state index contributed by atoms with van der Waals surface area (Å²) in [5.41, 5.74) is 1.20. The first-order valence-corrected chi connectivity index (χ1v) is 8.09. The Bertz CT molecular complexity index is 565. The second kappa shape index (κ2) is 7.07. The van der Waals surface area contributed by atoms with Crippen LogP contribution in [0.1, 0.15) is 24.8 Å². The van der Waals surface area contributed by atoms with Crippen LogP contribution in [-0.4, -0.2) is 54.8 Å². The number of likely N-dealkylation sites (tertiary alicyclic amines) is 1. The number of aromatic nitrogens is 4. The van der Waals surface area contributed by atoms with Gasteiger partial charge in [0.1, 0.15) is 0 Å². The molecule has 1 fully saturated rings. The van der Waals surface area contributed by atoms with Crippen LogP contribution in [0.2, 0.25) is 0 Å². The van der Waals surface area contributed by atoms with E-state index in [1.165, 1.54) is 24.8 Å². The third-order valence-electron chi connectivity index (χ3n) is 4.31. The summed E-state index contributed by atoms with van der Waals surface area (Å²) in [6.45, 7) is 5.28. The number of piperidine rings is 1. The molecule has 2 atom stereocenters. The zero-order valence-corrected chi connectivity index (χ0v) is 13.2. The first kappa shape index (κ1) is 15.2. The van der Waals surface area contributed by atoms with Gasteiger partial charge < -0.3 is 5.11 Å². The van der Waals surface area contributed by atoms with Crippen molar-refractivity contribution in [3.63, 3.8) is 0 Å². The van der Waals surface area contributed by atoms with Crippen molar-refractivity contribution in [2.45, 2.75) is 51.4 Å². The van der Waals surface area contributed by atoms with Crippen LogP contribution in [0.3, 0.4) is 0 Å². The van der Waals surface area contributed by atoms with Crippen LogP contribution in [0, 0.1) is 6.92 Å². The third-order valence-corrected chi connectivity index (χ3v) is 4.31. The van der Waals surface area contributed by atoms with Gasteiger partial charge in [-0.1, -0.05) is 6.42 Å². The molecule has 1 aliphatic rings. The highest BCUT2D eigenvalue weighted by Crippen LogP contribution is 2.19. The van der Waals surface area contributed by atoms with Gasteiger partial charge in [0, 0.05) is 31.2 Å². The SMILES string of the molecule is Cc1cnn(CC2CCCCN2CC(O)Cn2cccn2)c1. The Morgan fingerprint density at radius 1 is 1.27 bits per heavy atom. The molecule has 6 heteroatoms. The Hall–Kier alpha value is -1.66. The fraction of sp³-hybridized carbons (Fsp3) is 0.625. The number of rotatable bonds is 6. The largest absolute Gasteiger partial charge is 0.390 e. The molecule has 22 heavy (non-hydrogen) atoms. The van der Waals surface area contributed by atoms with Crippen LogP contribution in [0.4, 0.5) is 0 Å². The molecule has 0 aromatic carbocycles. The van der Waals surface area contributed by atoms with Crippen molar-refractivity contribution < 1.29 is 5.11 Å². The monoisotopic (exact) mass is 303 g/mol. The summed E-state index contributed by atoms with van der Waals surface area (Å²) >= 11 is 0. The van der Waals surface area contributed by atoms with Gasteiger partial charge in [-0.25, -0.2) is 0 Å². The molecule has 3 heterocycles. The van der Waals surface area contributed by atoms with E-state index in [1.54, 1.807) is 10.9 Å². The van der Waals surface area contributed by atoms with Gasteiger partial charge in [-0.2, -0.15) is 10.2 Å². The topological polar surface area (TPSA) is 59.1 Å². The highest BCUT2D eigenvalue weighted by Gasteiger charge is 2.25. The number of β-amino-alcohol motifs (C(OH)–C–C–N with tert-alkyl or cyclic N) is 1. The van der Waals surface area contributed by atoms with Gasteiger partial charge in [0.15, 0.2) is 0 Å². The lowest BCUT2D eigenvalue weighted by Crippen LogP contribution is -2.46. The van der Waals surface area contributed by atoms with Crippen LogP contribution in [0.5, 0.6) is 0 Å². The van der Waals surface area contributed by atoms with Gasteiger partial charge in [0.05, 0.1) is 25.4 Å². The minimum absolute atomic E-state index is 0.389. The maximum absolute atomic E-state index is 10.3. The fourth-order valence-corrected chi connectivity index (χ4v) is 3.24. The predicted molar refractivity (Wildman–Crippen MR) is 84.4 cm³/mol. The van der Waals surface area contributed by atoms with Crippen molar-refractivity contribution in [1.82, 2.24) is 24.5 Å². The van der Waals surface area contributed by atoms with Crippen LogP contribution in [0.25, 0.3) is 0 Å². The average Bonchev–Trinajstić information content (AvgIpc) is 3.13. The van der Waals surface area contributed by atoms with Gasteiger partial charge >= 0.3 is 0 Å². The minimum atomic E-state index is -0.389. The van der Waals surface area contributed by atoms with Gasteiger partial charge in [-0.05, 0) is 37.9 Å². The number of nitrogens with zero attached hydrogens (tertiary/aromatic N) is 5. The lowest BCUT2D eigenvalue weighted by Gasteiger charge is -2.36. The zero-order valence-electron chi connectivity index (χ0n) is 13.2. The molecule has 1 saturated heterocycles. The molecule has 3 rings (SSSR count). The van der Waals surface area contributed by atoms with Crippen LogP contribution >= 0.6 is 0 Å². The van der Waals surface area contributed by atoms with Gasteiger partial charge in [-0.15, -0.1) is 0 Å². The Morgan fingerprint density at radius 2 is 2.18 bits per heavy atom. The number of aliphatic hydroxyl groups is 1. The van der Waals surface area contributed by atoms with E-state index in [1.807, 2.05) is 23.1 Å². The summed E-state index contributed by atoms with van der Waals surface area (Å²) in [6, 6.07) is 2.34. The molecule has 120 valence electrons. The Kier molecular flexibility index (Phi) is 4.90. The highest BCUT2D eigenvalue weighted by atomic mass is 16.3. The van der Waals surface area contributed by atoms with Crippen LogP contribution in [-0.2, 0) is 13.1 Å². The molecule has 0 spiro atoms. The Labute approximate surface area is 131 Å². The number of hydrogen-bond acceptors (Lipinski definition) is 4. The zero-order chi connectivity index (χ0) is 15.4. The second-order valence-corrected chi connectivity index (χ2v) is 6.27. The number of aryl methyl sites for hydroxylation is 1. The molecule has 0 radical (unpaired) electrons. The van der Waals surface area contributed by atoms with Crippen LogP contribution in [0.15, 0.2) is 30.9 Å². The van der Waals surface area contributed by atoms with Gasteiger partial charge in [0.25, 0.3) is 0 Å². The summed E-state index contributed by atoms with van der Waals surface area (Å²) in [5, 5.41) is 18.9. The molecule has 2 aromatic rings. The maximum atomic E-state index is 10.3. The minimum Gasteiger partial charge on any atom is -0.390 e. The summed E-state index contributed by atoms with van der Waals surface area (Å²) in [6.07, 6.45) is 10.9. The smallest absolute Gasteiger partial charge is 0.0862 e. The van der Waals surface area contributed by atoms with E-state index < -0.39 is 0 Å². The van der Waals surface area contributed by atoms with Crippen molar-refractivity contribution in [1.29, 1.82) is 0 Å². The van der Waals surface area contributed by atoms with E-state index in [0.29, 0.717) is 19.1 Å². The van der Waals surface area contributed by atoms with E-state index >= 15 is 0 Å². The summed E-state index contributed by atoms with van der Waals surface area (Å²) in [5.74, 6) is 0. The molecule has 0 amide bonds. The van der Waals surface area contributed by atoms with Crippen molar-refractivity contribution in [3.8, 4) is 0 Å². The Morgan fingerprint density at radius 3 is 2.91 bits per heavy atom. The number of aliphatic hydroxyl groups excluding tert-OH is 1. The third kappa shape index (κ3) is 3.96. The lowest BCUT2D eigenvalue weighted by molar-refractivity contribution is 0.0496. The molecule has 2 unspecified atom stereocenters. The maximum Gasteiger partial charge on any atom is 0.0862 e. The van der Waals surface area contributed by atoms with E-state index in [-0.39, 0.29) is 6.10 Å². The summed E-state index contributed by atoms with van der Waals surface area (Å²) < 4.78 is 3.82. The second-order valence-electron chi connectivity index (χ2n) is 6.27. The highest BCUT2D eigenvalue weighted by molar-refractivity contribution is 4.99. The molecule has 6 nitrogen and oxygen atoms in total. The molecule has 1 aliphatic heterocycles. The summed E-state index contributed by atoms with van der Waals surface area (Å²) in [4.78, 5) is 2.41. The molecule has 0 bridgehead atoms. The summed E-state index contributed by atoms with van der Waals surface area (Å²) in [7, 11) is 0. The lowest BCUT2D eigenvalue weighted by atomic mass is 10.0. The van der Waals surface area contributed by atoms with Crippen molar-refractivity contribution >= 4 is 0 Å². The standard InChI is InChI=1S/C16H25N5O/c1-14-9-18-21(10-14)11-15-5-2-3-7-19(15)12-16(22)13-20-8-4-6-17-20/h4,6,8-10,15-16,22H,2-3,5,7,11-13H2,1H3. The number of hydrogen-bond donors (Lipinski definition) is 1. The van der Waals surface area contributed by atoms with E-state index in [2.05, 4.69) is 28.2 Å². The quantitative estimate of drug-likeness (QED) is 0.874. The molecule has 0 aliphatic carbocycles. The Balaban J connectivity index is 1.57. The average molecular weight is 303 g/mol. The molecule has 0 saturated carbocycles. The van der Waals surface area contributed by atoms with E-state index in [0.717, 1.165) is 13.1 Å². The van der Waals surface area contributed by atoms with Crippen molar-refractivity contribution in [2.24, 2.45) is 0 Å². The van der Waals surface area contributed by atoms with Crippen molar-refractivity contribution in [3.05, 3.63) is 36.4 Å². The van der Waals surface area contributed by atoms with Crippen molar-refractivity contribution in [2.75, 3.05) is 13.1 Å². The normalized spacial score (nSPS) is 21.1. The first-order chi connectivity index (χ1) is 10.7. The van der Waals surface area contributed by atoms with E-state index in [4.69, 9.17) is 0 Å².